The topological polar surface area (TPSA) is 41.5 Å². The molecule has 2 N–H and O–H groups in total. The minimum Gasteiger partial charge on any atom is -0.389 e. The molecule has 0 bridgehead atoms. The molecule has 1 unspecified atom stereocenters. The first kappa shape index (κ1) is 25.1. The third-order valence-electron chi connectivity index (χ3n) is 5.32. The molecule has 0 aliphatic carbocycles. The first-order chi connectivity index (χ1) is 14.5. The quantitative estimate of drug-likeness (QED) is 0.367. The summed E-state index contributed by atoms with van der Waals surface area (Å²) in [6.07, 6.45) is 2.81. The van der Waals surface area contributed by atoms with Crippen molar-refractivity contribution in [2.24, 2.45) is 0 Å². The molecule has 3 nitrogen and oxygen atoms in total. The molecule has 4 heteroatoms. The van der Waals surface area contributed by atoms with Gasteiger partial charge in [0.15, 0.2) is 0 Å². The zero-order valence-electron chi connectivity index (χ0n) is 18.5. The predicted molar refractivity (Wildman–Crippen MR) is 133 cm³/mol. The highest BCUT2D eigenvalue weighted by Crippen LogP contribution is 2.22. The lowest BCUT2D eigenvalue weighted by Gasteiger charge is -2.28. The largest absolute Gasteiger partial charge is 0.389 e. The van der Waals surface area contributed by atoms with Crippen LogP contribution >= 0.6 is 12.4 Å². The fourth-order valence-corrected chi connectivity index (χ4v) is 3.72. The van der Waals surface area contributed by atoms with E-state index in [4.69, 9.17) is 4.74 Å². The molecule has 0 saturated carbocycles. The second-order valence-corrected chi connectivity index (χ2v) is 8.53. The molecule has 2 atom stereocenters. The Balaban J connectivity index is 0.00000341. The van der Waals surface area contributed by atoms with Crippen LogP contribution in [0.3, 0.4) is 0 Å². The summed E-state index contributed by atoms with van der Waals surface area (Å²) in [7, 11) is 0. The maximum absolute atomic E-state index is 10.5. The molecule has 0 spiro atoms. The van der Waals surface area contributed by atoms with Gasteiger partial charge in [-0.25, -0.2) is 0 Å². The smallest absolute Gasteiger partial charge is 0.0898 e. The molecule has 0 aliphatic rings. The Morgan fingerprint density at radius 1 is 1.00 bits per heavy atom. The van der Waals surface area contributed by atoms with Gasteiger partial charge in [-0.3, -0.25) is 0 Å². The number of hydrogen-bond donors (Lipinski definition) is 2. The number of fused-ring (bicyclic) bond motifs is 1. The molecule has 0 fully saturated rings. The first-order valence-electron chi connectivity index (χ1n) is 10.6. The van der Waals surface area contributed by atoms with Crippen LogP contribution in [0.2, 0.25) is 0 Å². The number of benzene rings is 3. The summed E-state index contributed by atoms with van der Waals surface area (Å²) in [5.41, 5.74) is 2.25. The van der Waals surface area contributed by atoms with E-state index in [2.05, 4.69) is 68.2 Å². The van der Waals surface area contributed by atoms with Gasteiger partial charge >= 0.3 is 0 Å². The number of aliphatic hydroxyl groups is 1. The predicted octanol–water partition coefficient (Wildman–Crippen LogP) is 5.87. The van der Waals surface area contributed by atoms with E-state index in [0.717, 1.165) is 18.4 Å². The molecule has 0 heterocycles. The summed E-state index contributed by atoms with van der Waals surface area (Å²) in [5, 5.41) is 16.5. The summed E-state index contributed by atoms with van der Waals surface area (Å²) < 4.78 is 6.00. The number of aliphatic hydroxyl groups excluding tert-OH is 1. The molecule has 3 aromatic carbocycles. The van der Waals surface area contributed by atoms with E-state index >= 15 is 0 Å². The lowest BCUT2D eigenvalue weighted by molar-refractivity contribution is -0.0105. The van der Waals surface area contributed by atoms with Crippen LogP contribution in [0.25, 0.3) is 10.8 Å². The summed E-state index contributed by atoms with van der Waals surface area (Å²) in [6, 6.07) is 25.1. The zero-order chi connectivity index (χ0) is 21.4. The van der Waals surface area contributed by atoms with E-state index in [1.165, 1.54) is 16.3 Å². The molecule has 0 aliphatic heterocycles. The second kappa shape index (κ2) is 12.0. The normalized spacial score (nSPS) is 13.4. The van der Waals surface area contributed by atoms with Gasteiger partial charge in [0, 0.05) is 12.1 Å². The molecule has 0 aromatic heterocycles. The Morgan fingerprint density at radius 2 is 1.68 bits per heavy atom. The fraction of sp³-hybridized carbons (Fsp3) is 0.333. The Labute approximate surface area is 192 Å². The van der Waals surface area contributed by atoms with Crippen LogP contribution in [0.5, 0.6) is 0 Å². The van der Waals surface area contributed by atoms with Gasteiger partial charge in [-0.1, -0.05) is 78.9 Å². The average molecular weight is 440 g/mol. The summed E-state index contributed by atoms with van der Waals surface area (Å²) >= 11 is 0. The molecule has 0 amide bonds. The molecule has 0 radical (unpaired) electrons. The van der Waals surface area contributed by atoms with Gasteiger partial charge in [0.25, 0.3) is 0 Å². The summed E-state index contributed by atoms with van der Waals surface area (Å²) in [4.78, 5) is 0. The van der Waals surface area contributed by atoms with E-state index in [-0.39, 0.29) is 30.7 Å². The third kappa shape index (κ3) is 7.79. The Bertz CT molecular complexity index is 942. The highest BCUT2D eigenvalue weighted by atomic mass is 35.5. The van der Waals surface area contributed by atoms with Crippen molar-refractivity contribution < 1.29 is 9.84 Å². The molecule has 3 rings (SSSR count). The van der Waals surface area contributed by atoms with E-state index in [1.807, 2.05) is 36.4 Å². The van der Waals surface area contributed by atoms with Crippen molar-refractivity contribution in [2.45, 2.75) is 44.4 Å². The van der Waals surface area contributed by atoms with Crippen molar-refractivity contribution in [1.29, 1.82) is 0 Å². The van der Waals surface area contributed by atoms with Gasteiger partial charge in [0.05, 0.1) is 18.8 Å². The minimum atomic E-state index is -0.572. The number of hydrogen-bond acceptors (Lipinski definition) is 3. The molecular weight excluding hydrogens is 406 g/mol. The molecule has 166 valence electrons. The van der Waals surface area contributed by atoms with Crippen LogP contribution in [0.15, 0.2) is 85.5 Å². The number of halogens is 1. The number of ether oxygens (including phenoxy) is 1. The first-order valence-corrected chi connectivity index (χ1v) is 10.6. The van der Waals surface area contributed by atoms with Crippen LogP contribution in [-0.4, -0.2) is 29.9 Å². The van der Waals surface area contributed by atoms with Crippen LogP contribution in [0.4, 0.5) is 0 Å². The van der Waals surface area contributed by atoms with E-state index in [0.29, 0.717) is 6.54 Å². The van der Waals surface area contributed by atoms with Crippen molar-refractivity contribution in [1.82, 2.24) is 5.32 Å². The lowest BCUT2D eigenvalue weighted by atomic mass is 9.93. The van der Waals surface area contributed by atoms with Crippen molar-refractivity contribution in [3.05, 3.63) is 96.6 Å². The van der Waals surface area contributed by atoms with E-state index in [9.17, 15) is 5.11 Å². The maximum atomic E-state index is 10.5. The second-order valence-electron chi connectivity index (χ2n) is 8.53. The van der Waals surface area contributed by atoms with Crippen molar-refractivity contribution in [3.8, 4) is 0 Å². The standard InChI is InChI=1S/C27H33NO2.ClH/c1-4-10-26(23-12-6-5-7-13-23)30-20-25(29)19-28-27(2,3)18-21-15-16-22-11-8-9-14-24(22)17-21;/h4-9,11-17,25-26,28-29H,1,10,18-20H2,2-3H3;1H/t25-,26?;/m1./s1. The van der Waals surface area contributed by atoms with Gasteiger partial charge in [0.1, 0.15) is 0 Å². The number of nitrogens with one attached hydrogen (secondary N) is 1. The number of rotatable bonds is 11. The highest BCUT2D eigenvalue weighted by Gasteiger charge is 2.20. The van der Waals surface area contributed by atoms with Crippen molar-refractivity contribution in [2.75, 3.05) is 13.2 Å². The van der Waals surface area contributed by atoms with Gasteiger partial charge in [-0.05, 0) is 48.6 Å². The monoisotopic (exact) mass is 439 g/mol. The maximum Gasteiger partial charge on any atom is 0.0898 e. The van der Waals surface area contributed by atoms with Gasteiger partial charge < -0.3 is 15.2 Å². The van der Waals surface area contributed by atoms with Crippen molar-refractivity contribution >= 4 is 23.2 Å². The Hall–Kier alpha value is -2.17. The fourth-order valence-electron chi connectivity index (χ4n) is 3.72. The Kier molecular flexibility index (Phi) is 9.73. The Morgan fingerprint density at radius 3 is 2.39 bits per heavy atom. The van der Waals surface area contributed by atoms with Crippen LogP contribution < -0.4 is 5.32 Å². The molecule has 3 aromatic rings. The van der Waals surface area contributed by atoms with Gasteiger partial charge in [0.2, 0.25) is 0 Å². The third-order valence-corrected chi connectivity index (χ3v) is 5.32. The molecular formula is C27H34ClNO2. The van der Waals surface area contributed by atoms with Crippen molar-refractivity contribution in [3.63, 3.8) is 0 Å². The molecule has 31 heavy (non-hydrogen) atoms. The summed E-state index contributed by atoms with van der Waals surface area (Å²) in [6.45, 7) is 8.93. The van der Waals surface area contributed by atoms with Gasteiger partial charge in [-0.15, -0.1) is 19.0 Å². The molecule has 0 saturated heterocycles. The SMILES string of the molecule is C=CCC(OC[C@H](O)CNC(C)(C)Cc1ccc2ccccc2c1)c1ccccc1.Cl. The minimum absolute atomic E-state index is 0. The highest BCUT2D eigenvalue weighted by molar-refractivity contribution is 5.85. The van der Waals surface area contributed by atoms with Gasteiger partial charge in [-0.2, -0.15) is 0 Å². The van der Waals surface area contributed by atoms with E-state index in [1.54, 1.807) is 0 Å². The number of β-amino-alcohol motifs (C(OH)–C–C–N with tert-alkyl or cyclic N) is 1. The van der Waals surface area contributed by atoms with E-state index < -0.39 is 6.10 Å². The zero-order valence-corrected chi connectivity index (χ0v) is 19.3. The average Bonchev–Trinajstić information content (AvgIpc) is 2.75. The van der Waals surface area contributed by atoms with Crippen LogP contribution in [0, 0.1) is 0 Å². The van der Waals surface area contributed by atoms with Crippen LogP contribution in [0.1, 0.15) is 37.5 Å². The van der Waals surface area contributed by atoms with Crippen LogP contribution in [-0.2, 0) is 11.2 Å². The summed E-state index contributed by atoms with van der Waals surface area (Å²) in [5.74, 6) is 0. The lowest BCUT2D eigenvalue weighted by Crippen LogP contribution is -2.46.